The lowest BCUT2D eigenvalue weighted by Gasteiger charge is -2.20. The number of carboxylic acid groups (broad SMARTS) is 3. The lowest BCUT2D eigenvalue weighted by atomic mass is 10.2. The van der Waals surface area contributed by atoms with Crippen LogP contribution in [0.3, 0.4) is 0 Å². The van der Waals surface area contributed by atoms with E-state index < -0.39 is 30.2 Å². The number of fused-ring (bicyclic) bond motifs is 1. The molecule has 0 saturated carbocycles. The van der Waals surface area contributed by atoms with Gasteiger partial charge in [-0.2, -0.15) is 0 Å². The number of carbonyl (C=O) groups is 3. The summed E-state index contributed by atoms with van der Waals surface area (Å²) in [6, 6.07) is -0.238. The summed E-state index contributed by atoms with van der Waals surface area (Å²) in [6.45, 7) is 0.535. The Hall–Kier alpha value is -2.97. The SMILES string of the molecule is Nc1nccn2c(C3CCCN3C(=O)O)nc(Br)c12.O=C(O)C(O)C(O)C(=O)O. The van der Waals surface area contributed by atoms with Gasteiger partial charge < -0.3 is 31.3 Å². The molecule has 1 aliphatic heterocycles. The number of aliphatic hydroxyl groups excluding tert-OH is 2. The summed E-state index contributed by atoms with van der Waals surface area (Å²) in [6.07, 6.45) is -0.520. The van der Waals surface area contributed by atoms with Crippen molar-refractivity contribution in [3.63, 3.8) is 0 Å². The second kappa shape index (κ2) is 9.02. The zero-order valence-electron chi connectivity index (χ0n) is 14.7. The van der Waals surface area contributed by atoms with Gasteiger partial charge in [0.15, 0.2) is 18.0 Å². The minimum Gasteiger partial charge on any atom is -0.479 e. The molecule has 2 aromatic rings. The van der Waals surface area contributed by atoms with E-state index in [1.54, 1.807) is 16.8 Å². The van der Waals surface area contributed by atoms with Crippen molar-refractivity contribution in [3.05, 3.63) is 22.8 Å². The van der Waals surface area contributed by atoms with Crippen molar-refractivity contribution in [1.29, 1.82) is 0 Å². The number of nitrogens with two attached hydrogens (primary N) is 1. The van der Waals surface area contributed by atoms with Gasteiger partial charge in [-0.25, -0.2) is 24.4 Å². The average molecular weight is 476 g/mol. The van der Waals surface area contributed by atoms with Crippen LogP contribution >= 0.6 is 15.9 Å². The quantitative estimate of drug-likeness (QED) is 0.339. The standard InChI is InChI=1S/C11H12BrN5O2.C4H6O6/c12-8-7-9(13)14-3-5-17(7)10(15-8)6-2-1-4-16(6)11(18)19;5-1(3(7)8)2(6)4(9)10/h3,5-6H,1-2,4H2,(H2,13,14)(H,18,19);1-2,5-6H,(H,7,8)(H,9,10). The van der Waals surface area contributed by atoms with E-state index in [4.69, 9.17) is 26.2 Å². The second-order valence-corrected chi connectivity index (χ2v) is 6.74. The van der Waals surface area contributed by atoms with E-state index in [9.17, 15) is 19.5 Å². The van der Waals surface area contributed by atoms with Gasteiger partial charge in [0.1, 0.15) is 15.9 Å². The molecule has 0 bridgehead atoms. The lowest BCUT2D eigenvalue weighted by Crippen LogP contribution is -2.39. The first-order valence-electron chi connectivity index (χ1n) is 8.15. The highest BCUT2D eigenvalue weighted by Gasteiger charge is 2.33. The van der Waals surface area contributed by atoms with Gasteiger partial charge in [-0.15, -0.1) is 0 Å². The molecule has 0 radical (unpaired) electrons. The molecule has 2 aromatic heterocycles. The van der Waals surface area contributed by atoms with Gasteiger partial charge in [0.2, 0.25) is 0 Å². The van der Waals surface area contributed by atoms with Gasteiger partial charge in [-0.1, -0.05) is 0 Å². The number of halogens is 1. The van der Waals surface area contributed by atoms with Crippen molar-refractivity contribution in [1.82, 2.24) is 19.3 Å². The highest BCUT2D eigenvalue weighted by Crippen LogP contribution is 2.34. The Morgan fingerprint density at radius 1 is 1.17 bits per heavy atom. The Bertz CT molecular complexity index is 917. The van der Waals surface area contributed by atoms with E-state index in [1.807, 2.05) is 0 Å². The van der Waals surface area contributed by atoms with E-state index >= 15 is 0 Å². The van der Waals surface area contributed by atoms with Crippen LogP contribution in [0.2, 0.25) is 0 Å². The predicted molar refractivity (Wildman–Crippen MR) is 99.1 cm³/mol. The summed E-state index contributed by atoms with van der Waals surface area (Å²) in [5, 5.41) is 41.7. The van der Waals surface area contributed by atoms with Gasteiger partial charge in [0.05, 0.1) is 6.04 Å². The first-order chi connectivity index (χ1) is 13.6. The van der Waals surface area contributed by atoms with Crippen molar-refractivity contribution < 1.29 is 39.9 Å². The Kier molecular flexibility index (Phi) is 6.94. The minimum absolute atomic E-state index is 0.238. The largest absolute Gasteiger partial charge is 0.479 e. The minimum atomic E-state index is -2.27. The van der Waals surface area contributed by atoms with Gasteiger partial charge in [-0.3, -0.25) is 9.30 Å². The number of aromatic nitrogens is 3. The first kappa shape index (κ1) is 22.3. The number of likely N-dealkylation sites (tertiary alicyclic amines) is 1. The van der Waals surface area contributed by atoms with Crippen LogP contribution in [-0.2, 0) is 9.59 Å². The Balaban J connectivity index is 0.000000257. The number of anilines is 1. The number of rotatable bonds is 4. The highest BCUT2D eigenvalue weighted by atomic mass is 79.9. The monoisotopic (exact) mass is 475 g/mol. The van der Waals surface area contributed by atoms with Crippen molar-refractivity contribution in [3.8, 4) is 0 Å². The van der Waals surface area contributed by atoms with Gasteiger partial charge in [-0.05, 0) is 28.8 Å². The molecule has 3 unspecified atom stereocenters. The number of aliphatic hydroxyl groups is 2. The highest BCUT2D eigenvalue weighted by molar-refractivity contribution is 9.10. The molecular weight excluding hydrogens is 458 g/mol. The summed E-state index contributed by atoms with van der Waals surface area (Å²) < 4.78 is 2.39. The van der Waals surface area contributed by atoms with Gasteiger partial charge in [0.25, 0.3) is 0 Å². The zero-order chi connectivity index (χ0) is 21.9. The summed E-state index contributed by atoms with van der Waals surface area (Å²) in [7, 11) is 0. The van der Waals surface area contributed by atoms with Crippen LogP contribution in [-0.4, -0.2) is 81.6 Å². The number of imidazole rings is 1. The van der Waals surface area contributed by atoms with E-state index in [2.05, 4.69) is 25.9 Å². The number of nitrogens with zero attached hydrogens (tertiary/aromatic N) is 4. The van der Waals surface area contributed by atoms with Crippen LogP contribution in [0.5, 0.6) is 0 Å². The maximum Gasteiger partial charge on any atom is 0.407 e. The van der Waals surface area contributed by atoms with Crippen LogP contribution in [0.15, 0.2) is 17.0 Å². The van der Waals surface area contributed by atoms with Crippen molar-refractivity contribution in [2.75, 3.05) is 12.3 Å². The average Bonchev–Trinajstić information content (AvgIpc) is 3.26. The maximum atomic E-state index is 11.2. The molecule has 3 heterocycles. The van der Waals surface area contributed by atoms with E-state index in [-0.39, 0.29) is 6.04 Å². The Morgan fingerprint density at radius 2 is 1.76 bits per heavy atom. The number of nitrogen functional groups attached to an aromatic ring is 1. The molecule has 1 aliphatic rings. The number of amides is 1. The maximum absolute atomic E-state index is 11.2. The van der Waals surface area contributed by atoms with Crippen molar-refractivity contribution in [2.24, 2.45) is 0 Å². The van der Waals surface area contributed by atoms with Crippen molar-refractivity contribution in [2.45, 2.75) is 31.1 Å². The molecule has 1 fully saturated rings. The fourth-order valence-electron chi connectivity index (χ4n) is 2.81. The molecule has 3 atom stereocenters. The molecule has 0 aromatic carbocycles. The molecule has 0 spiro atoms. The molecule has 14 heteroatoms. The molecule has 13 nitrogen and oxygen atoms in total. The molecule has 1 amide bonds. The van der Waals surface area contributed by atoms with Crippen LogP contribution in [0.4, 0.5) is 10.6 Å². The number of carboxylic acids is 2. The molecule has 7 N–H and O–H groups in total. The molecule has 0 aliphatic carbocycles. The normalized spacial score (nSPS) is 18.0. The van der Waals surface area contributed by atoms with Crippen LogP contribution in [0, 0.1) is 0 Å². The fraction of sp³-hybridized carbons (Fsp3) is 0.400. The second-order valence-electron chi connectivity index (χ2n) is 5.99. The summed E-state index contributed by atoms with van der Waals surface area (Å²) in [5.41, 5.74) is 6.51. The number of aliphatic carboxylic acids is 2. The van der Waals surface area contributed by atoms with Gasteiger partial charge in [0, 0.05) is 18.9 Å². The van der Waals surface area contributed by atoms with E-state index in [1.165, 1.54) is 4.90 Å². The number of hydrogen-bond donors (Lipinski definition) is 6. The first-order valence-corrected chi connectivity index (χ1v) is 8.94. The summed E-state index contributed by atoms with van der Waals surface area (Å²) in [4.78, 5) is 40.6. The third-order valence-corrected chi connectivity index (χ3v) is 4.72. The molecule has 29 heavy (non-hydrogen) atoms. The van der Waals surface area contributed by atoms with Crippen LogP contribution < -0.4 is 5.73 Å². The Morgan fingerprint density at radius 3 is 2.28 bits per heavy atom. The fourth-order valence-corrected chi connectivity index (χ4v) is 3.39. The molecular formula is C15H18BrN5O8. The lowest BCUT2D eigenvalue weighted by molar-refractivity contribution is -0.165. The van der Waals surface area contributed by atoms with Crippen molar-refractivity contribution >= 4 is 45.3 Å². The van der Waals surface area contributed by atoms with Crippen LogP contribution in [0.25, 0.3) is 5.52 Å². The molecule has 3 rings (SSSR count). The molecule has 158 valence electrons. The van der Waals surface area contributed by atoms with E-state index in [0.717, 1.165) is 12.8 Å². The summed E-state index contributed by atoms with van der Waals surface area (Å²) in [5.74, 6) is -2.49. The van der Waals surface area contributed by atoms with Gasteiger partial charge >= 0.3 is 18.0 Å². The topological polar surface area (TPSA) is 212 Å². The third kappa shape index (κ3) is 4.72. The van der Waals surface area contributed by atoms with Crippen LogP contribution in [0.1, 0.15) is 24.7 Å². The zero-order valence-corrected chi connectivity index (χ0v) is 16.3. The third-order valence-electron chi connectivity index (χ3n) is 4.17. The molecule has 1 saturated heterocycles. The smallest absolute Gasteiger partial charge is 0.407 e. The Labute approximate surface area is 171 Å². The van der Waals surface area contributed by atoms with E-state index in [0.29, 0.717) is 28.3 Å². The number of hydrogen-bond acceptors (Lipinski definition) is 8. The summed E-state index contributed by atoms with van der Waals surface area (Å²) >= 11 is 3.35. The predicted octanol–water partition coefficient (Wildman–Crippen LogP) is -0.234.